The van der Waals surface area contributed by atoms with E-state index in [1.165, 1.54) is 29.3 Å². The molecule has 0 saturated carbocycles. The Kier molecular flexibility index (Phi) is 6.18. The molecule has 4 rings (SSSR count). The van der Waals surface area contributed by atoms with Crippen molar-refractivity contribution in [3.05, 3.63) is 77.7 Å². The number of nitrogens with one attached hydrogen (secondary N) is 1. The summed E-state index contributed by atoms with van der Waals surface area (Å²) in [6.45, 7) is 0.216. The predicted molar refractivity (Wildman–Crippen MR) is 108 cm³/mol. The van der Waals surface area contributed by atoms with E-state index < -0.39 is 17.8 Å². The Balaban J connectivity index is 1.42. The lowest BCUT2D eigenvalue weighted by Crippen LogP contribution is -2.35. The van der Waals surface area contributed by atoms with Gasteiger partial charge in [0.2, 0.25) is 11.8 Å². The molecule has 0 atom stereocenters. The van der Waals surface area contributed by atoms with Crippen molar-refractivity contribution < 1.29 is 27.5 Å². The molecule has 0 bridgehead atoms. The van der Waals surface area contributed by atoms with Crippen LogP contribution in [0.25, 0.3) is 11.1 Å². The first kappa shape index (κ1) is 22.1. The van der Waals surface area contributed by atoms with E-state index in [1.807, 2.05) is 0 Å². The molecule has 4 aromatic rings. The molecule has 1 aromatic carbocycles. The van der Waals surface area contributed by atoms with Gasteiger partial charge in [-0.2, -0.15) is 13.2 Å². The first-order valence-electron chi connectivity index (χ1n) is 9.25. The van der Waals surface area contributed by atoms with E-state index in [0.717, 1.165) is 17.7 Å². The highest BCUT2D eigenvalue weighted by atomic mass is 35.5. The normalized spacial score (nSPS) is 12.1. The summed E-state index contributed by atoms with van der Waals surface area (Å²) in [6, 6.07) is 6.82. The van der Waals surface area contributed by atoms with Crippen molar-refractivity contribution in [3.8, 4) is 11.1 Å². The molecule has 168 valence electrons. The Bertz CT molecular complexity index is 1290. The van der Waals surface area contributed by atoms with Crippen LogP contribution in [0.5, 0.6) is 0 Å². The molecule has 3 heterocycles. The van der Waals surface area contributed by atoms with E-state index in [-0.39, 0.29) is 18.1 Å². The lowest BCUT2D eigenvalue weighted by molar-refractivity contribution is -0.755. The average molecular weight is 476 g/mol. The van der Waals surface area contributed by atoms with Gasteiger partial charge in [-0.25, -0.2) is 15.0 Å². The van der Waals surface area contributed by atoms with Crippen molar-refractivity contribution in [2.45, 2.75) is 12.7 Å². The highest BCUT2D eigenvalue weighted by molar-refractivity contribution is 6.32. The molecule has 0 saturated heterocycles. The fraction of sp³-hybridized carbons (Fsp3) is 0.100. The smallest absolute Gasteiger partial charge is 0.416 e. The van der Waals surface area contributed by atoms with Gasteiger partial charge in [0.15, 0.2) is 0 Å². The minimum absolute atomic E-state index is 0.0563. The highest BCUT2D eigenvalue weighted by Crippen LogP contribution is 2.30. The molecule has 0 unspecified atom stereocenters. The van der Waals surface area contributed by atoms with Gasteiger partial charge in [0, 0.05) is 29.2 Å². The standard InChI is InChI=1S/C20H13ClF3N7O2/c21-18-16(8-25-11-27-18)12-4-5-15(26-7-12)9-31-10-17(33-30-31)29-19(32)28-14-3-1-2-13(6-14)20(22,23)24/h1-8,10-11H,9H2,(H-,28,29,30,32). The lowest BCUT2D eigenvalue weighted by Gasteiger charge is -2.14. The van der Waals surface area contributed by atoms with Crippen molar-refractivity contribution in [1.82, 2.24) is 20.2 Å². The third-order valence-corrected chi connectivity index (χ3v) is 4.58. The van der Waals surface area contributed by atoms with Gasteiger partial charge in [-0.3, -0.25) is 9.51 Å². The maximum Gasteiger partial charge on any atom is 0.416 e. The monoisotopic (exact) mass is 475 g/mol. The van der Waals surface area contributed by atoms with Crippen LogP contribution in [0.4, 0.5) is 24.7 Å². The number of hydrogen-bond donors (Lipinski definition) is 1. The molecule has 0 aliphatic rings. The molecule has 0 fully saturated rings. The number of nitrogens with zero attached hydrogens (tertiary/aromatic N) is 6. The van der Waals surface area contributed by atoms with E-state index in [4.69, 9.17) is 16.1 Å². The van der Waals surface area contributed by atoms with E-state index in [0.29, 0.717) is 16.4 Å². The van der Waals surface area contributed by atoms with Crippen molar-refractivity contribution >= 4 is 29.2 Å². The highest BCUT2D eigenvalue weighted by Gasteiger charge is 2.30. The maximum absolute atomic E-state index is 12.8. The third kappa shape index (κ3) is 5.60. The van der Waals surface area contributed by atoms with Gasteiger partial charge in [0.1, 0.15) is 17.2 Å². The maximum atomic E-state index is 12.8. The minimum atomic E-state index is -4.53. The second kappa shape index (κ2) is 9.20. The summed E-state index contributed by atoms with van der Waals surface area (Å²) >= 11 is 6.05. The molecular weight excluding hydrogens is 463 g/mol. The SMILES string of the molecule is [O-]/C(=N\c1c[n+](Cc2ccc(-c3cncnc3Cl)cn2)no1)Nc1cccc(C(F)(F)F)c1. The summed E-state index contributed by atoms with van der Waals surface area (Å²) in [5, 5.41) is 18.3. The third-order valence-electron chi connectivity index (χ3n) is 4.27. The van der Waals surface area contributed by atoms with Crippen molar-refractivity contribution in [1.29, 1.82) is 0 Å². The van der Waals surface area contributed by atoms with Gasteiger partial charge < -0.3 is 10.4 Å². The number of aromatic nitrogens is 5. The first-order chi connectivity index (χ1) is 15.8. The van der Waals surface area contributed by atoms with Crippen LogP contribution in [-0.2, 0) is 12.7 Å². The number of pyridine rings is 1. The van der Waals surface area contributed by atoms with E-state index in [1.54, 1.807) is 24.5 Å². The lowest BCUT2D eigenvalue weighted by atomic mass is 10.1. The molecule has 3 aromatic heterocycles. The molecule has 0 aliphatic carbocycles. The van der Waals surface area contributed by atoms with Crippen molar-refractivity contribution in [2.24, 2.45) is 4.99 Å². The number of benzene rings is 1. The molecule has 13 heteroatoms. The van der Waals surface area contributed by atoms with Gasteiger partial charge in [-0.1, -0.05) is 23.7 Å². The van der Waals surface area contributed by atoms with Crippen LogP contribution in [-0.4, -0.2) is 26.2 Å². The summed E-state index contributed by atoms with van der Waals surface area (Å²) in [6.07, 6.45) is 1.35. The number of hydrogen-bond acceptors (Lipinski definition) is 7. The van der Waals surface area contributed by atoms with Gasteiger partial charge in [0.05, 0.1) is 11.6 Å². The van der Waals surface area contributed by atoms with Crippen LogP contribution >= 0.6 is 11.6 Å². The number of amidine groups is 1. The summed E-state index contributed by atoms with van der Waals surface area (Å²) in [4.78, 5) is 15.8. The fourth-order valence-electron chi connectivity index (χ4n) is 2.77. The second-order valence-electron chi connectivity index (χ2n) is 6.62. The Morgan fingerprint density at radius 3 is 2.76 bits per heavy atom. The van der Waals surface area contributed by atoms with Crippen LogP contribution in [0, 0.1) is 0 Å². The summed E-state index contributed by atoms with van der Waals surface area (Å²) in [7, 11) is 0. The Morgan fingerprint density at radius 1 is 1.18 bits per heavy atom. The second-order valence-corrected chi connectivity index (χ2v) is 6.98. The quantitative estimate of drug-likeness (QED) is 0.204. The molecular formula is C20H13ClF3N7O2. The molecule has 1 N–H and O–H groups in total. The minimum Gasteiger partial charge on any atom is -0.846 e. The van der Waals surface area contributed by atoms with Crippen molar-refractivity contribution in [2.75, 3.05) is 5.32 Å². The predicted octanol–water partition coefficient (Wildman–Crippen LogP) is 2.99. The van der Waals surface area contributed by atoms with Crippen LogP contribution in [0.3, 0.4) is 0 Å². The molecule has 0 amide bonds. The Hall–Kier alpha value is -4.06. The summed E-state index contributed by atoms with van der Waals surface area (Å²) in [5.41, 5.74) is 1.05. The zero-order chi connectivity index (χ0) is 23.4. The number of aliphatic imine (C=N–C) groups is 1. The van der Waals surface area contributed by atoms with Gasteiger partial charge >= 0.3 is 12.1 Å². The van der Waals surface area contributed by atoms with Crippen molar-refractivity contribution in [3.63, 3.8) is 0 Å². The molecule has 0 radical (unpaired) electrons. The Morgan fingerprint density at radius 2 is 2.03 bits per heavy atom. The van der Waals surface area contributed by atoms with Gasteiger partial charge in [-0.15, -0.1) is 0 Å². The van der Waals surface area contributed by atoms with Crippen LogP contribution < -0.4 is 15.1 Å². The van der Waals surface area contributed by atoms with E-state index in [9.17, 15) is 18.3 Å². The Labute approximate surface area is 189 Å². The number of alkyl halides is 3. The van der Waals surface area contributed by atoms with E-state index >= 15 is 0 Å². The van der Waals surface area contributed by atoms with Crippen LogP contribution in [0.1, 0.15) is 11.3 Å². The summed E-state index contributed by atoms with van der Waals surface area (Å²) < 4.78 is 44.7. The average Bonchev–Trinajstić information content (AvgIpc) is 3.21. The van der Waals surface area contributed by atoms with Crippen LogP contribution in [0.15, 0.2) is 70.8 Å². The number of rotatable bonds is 5. The van der Waals surface area contributed by atoms with E-state index in [2.05, 4.69) is 30.5 Å². The zero-order valence-electron chi connectivity index (χ0n) is 16.5. The van der Waals surface area contributed by atoms with Gasteiger partial charge in [0.25, 0.3) is 6.20 Å². The zero-order valence-corrected chi connectivity index (χ0v) is 17.2. The first-order valence-corrected chi connectivity index (χ1v) is 9.63. The number of halogens is 4. The fourth-order valence-corrected chi connectivity index (χ4v) is 2.97. The topological polar surface area (TPSA) is 116 Å². The van der Waals surface area contributed by atoms with Crippen LogP contribution in [0.2, 0.25) is 5.15 Å². The molecule has 0 spiro atoms. The molecule has 33 heavy (non-hydrogen) atoms. The number of anilines is 1. The summed E-state index contributed by atoms with van der Waals surface area (Å²) in [5.74, 6) is -0.135. The molecule has 9 nitrogen and oxygen atoms in total. The largest absolute Gasteiger partial charge is 0.846 e. The van der Waals surface area contributed by atoms with Gasteiger partial charge in [-0.05, 0) is 28.9 Å². The molecule has 0 aliphatic heterocycles.